The van der Waals surface area contributed by atoms with Gasteiger partial charge in [0, 0.05) is 5.69 Å². The highest BCUT2D eigenvalue weighted by atomic mass is 16.5. The van der Waals surface area contributed by atoms with Crippen LogP contribution in [0.5, 0.6) is 5.75 Å². The van der Waals surface area contributed by atoms with Crippen molar-refractivity contribution in [1.82, 2.24) is 0 Å². The Kier molecular flexibility index (Phi) is 7.17. The number of rotatable bonds is 7. The minimum Gasteiger partial charge on any atom is -0.497 e. The van der Waals surface area contributed by atoms with Crippen molar-refractivity contribution in [3.63, 3.8) is 0 Å². The van der Waals surface area contributed by atoms with E-state index in [2.05, 4.69) is 5.32 Å². The van der Waals surface area contributed by atoms with Gasteiger partial charge in [-0.1, -0.05) is 54.6 Å². The Balaban J connectivity index is 1.56. The molecule has 0 aliphatic rings. The number of amides is 1. The van der Waals surface area contributed by atoms with Crippen LogP contribution < -0.4 is 10.1 Å². The van der Waals surface area contributed by atoms with Gasteiger partial charge in [-0.05, 0) is 47.0 Å². The first kappa shape index (κ1) is 21.3. The third-order valence-electron chi connectivity index (χ3n) is 4.36. The molecule has 31 heavy (non-hydrogen) atoms. The number of anilines is 1. The Hall–Kier alpha value is -4.37. The van der Waals surface area contributed by atoms with Gasteiger partial charge in [0.2, 0.25) is 0 Å². The molecule has 0 unspecified atom stereocenters. The van der Waals surface area contributed by atoms with E-state index in [-0.39, 0.29) is 5.57 Å². The van der Waals surface area contributed by atoms with Crippen molar-refractivity contribution in [2.45, 2.75) is 0 Å². The molecule has 6 heteroatoms. The van der Waals surface area contributed by atoms with E-state index < -0.39 is 18.5 Å². The van der Waals surface area contributed by atoms with Crippen LogP contribution in [0.3, 0.4) is 0 Å². The minimum absolute atomic E-state index is 0.215. The molecule has 154 valence electrons. The number of methoxy groups -OCH3 is 1. The lowest BCUT2D eigenvalue weighted by Crippen LogP contribution is -2.21. The lowest BCUT2D eigenvalue weighted by atomic mass is 10.1. The van der Waals surface area contributed by atoms with Crippen molar-refractivity contribution in [3.8, 4) is 22.9 Å². The second kappa shape index (κ2) is 10.4. The smallest absolute Gasteiger partial charge is 0.349 e. The van der Waals surface area contributed by atoms with Gasteiger partial charge in [-0.15, -0.1) is 0 Å². The molecule has 0 radical (unpaired) electrons. The fourth-order valence-corrected chi connectivity index (χ4v) is 2.82. The van der Waals surface area contributed by atoms with Crippen LogP contribution in [0.25, 0.3) is 17.2 Å². The van der Waals surface area contributed by atoms with Crippen LogP contribution in [-0.2, 0) is 14.3 Å². The maximum atomic E-state index is 12.2. The molecule has 0 fully saturated rings. The van der Waals surface area contributed by atoms with Gasteiger partial charge >= 0.3 is 5.97 Å². The molecule has 1 N–H and O–H groups in total. The van der Waals surface area contributed by atoms with Gasteiger partial charge in [-0.2, -0.15) is 5.26 Å². The van der Waals surface area contributed by atoms with Crippen LogP contribution in [0.15, 0.2) is 84.4 Å². The van der Waals surface area contributed by atoms with Crippen LogP contribution in [-0.4, -0.2) is 25.6 Å². The molecule has 0 bridgehead atoms. The molecule has 0 aromatic heterocycles. The van der Waals surface area contributed by atoms with Crippen LogP contribution in [0.1, 0.15) is 5.56 Å². The number of hydrogen-bond acceptors (Lipinski definition) is 5. The van der Waals surface area contributed by atoms with Gasteiger partial charge in [0.05, 0.1) is 7.11 Å². The number of nitrogens with one attached hydrogen (secondary N) is 1. The average molecular weight is 412 g/mol. The largest absolute Gasteiger partial charge is 0.497 e. The monoisotopic (exact) mass is 412 g/mol. The summed E-state index contributed by atoms with van der Waals surface area (Å²) in [6.07, 6.45) is 1.38. The maximum absolute atomic E-state index is 12.2. The number of esters is 1. The summed E-state index contributed by atoms with van der Waals surface area (Å²) < 4.78 is 10.1. The van der Waals surface area contributed by atoms with Crippen molar-refractivity contribution in [2.75, 3.05) is 19.0 Å². The van der Waals surface area contributed by atoms with Crippen LogP contribution in [0.2, 0.25) is 0 Å². The van der Waals surface area contributed by atoms with Gasteiger partial charge in [0.25, 0.3) is 5.91 Å². The first-order valence-electron chi connectivity index (χ1n) is 9.47. The van der Waals surface area contributed by atoms with E-state index in [1.165, 1.54) is 13.2 Å². The fourth-order valence-electron chi connectivity index (χ4n) is 2.82. The van der Waals surface area contributed by atoms with Gasteiger partial charge in [0.1, 0.15) is 17.4 Å². The predicted octanol–water partition coefficient (Wildman–Crippen LogP) is 4.45. The highest BCUT2D eigenvalue weighted by Crippen LogP contribution is 2.21. The summed E-state index contributed by atoms with van der Waals surface area (Å²) in [5.41, 5.74) is 3.06. The molecular formula is C25H20N2O4. The van der Waals surface area contributed by atoms with Gasteiger partial charge in [-0.3, -0.25) is 4.79 Å². The Morgan fingerprint density at radius 2 is 1.68 bits per heavy atom. The van der Waals surface area contributed by atoms with Crippen LogP contribution >= 0.6 is 0 Å². The molecule has 3 aromatic carbocycles. The first-order chi connectivity index (χ1) is 15.1. The number of carbonyl (C=O) groups is 2. The Bertz CT molecular complexity index is 1130. The molecule has 1 amide bonds. The van der Waals surface area contributed by atoms with E-state index in [9.17, 15) is 14.9 Å². The number of nitrogens with zero attached hydrogens (tertiary/aromatic N) is 1. The summed E-state index contributed by atoms with van der Waals surface area (Å²) in [5, 5.41) is 11.9. The standard InChI is InChI=1S/C25H20N2O4/c1-30-23-9-5-6-18(15-23)14-21(16-26)25(29)31-17-24(28)27-22-12-10-20(11-13-22)19-7-3-2-4-8-19/h2-15H,17H2,1H3,(H,27,28)/b21-14+. The molecule has 0 atom stereocenters. The lowest BCUT2D eigenvalue weighted by Gasteiger charge is -2.08. The number of benzene rings is 3. The summed E-state index contributed by atoms with van der Waals surface area (Å²) in [4.78, 5) is 24.3. The quantitative estimate of drug-likeness (QED) is 0.352. The van der Waals surface area contributed by atoms with Gasteiger partial charge in [0.15, 0.2) is 6.61 Å². The number of ether oxygens (including phenoxy) is 2. The summed E-state index contributed by atoms with van der Waals surface area (Å²) in [7, 11) is 1.52. The van der Waals surface area contributed by atoms with Crippen molar-refractivity contribution >= 4 is 23.6 Å². The highest BCUT2D eigenvalue weighted by molar-refractivity contribution is 6.00. The predicted molar refractivity (Wildman–Crippen MR) is 118 cm³/mol. The van der Waals surface area contributed by atoms with Crippen molar-refractivity contribution in [3.05, 3.63) is 90.0 Å². The van der Waals surface area contributed by atoms with Crippen molar-refractivity contribution < 1.29 is 19.1 Å². The molecule has 0 heterocycles. The van der Waals surface area contributed by atoms with E-state index >= 15 is 0 Å². The number of carbonyl (C=O) groups excluding carboxylic acids is 2. The molecular weight excluding hydrogens is 392 g/mol. The Morgan fingerprint density at radius 1 is 0.968 bits per heavy atom. The van der Waals surface area contributed by atoms with E-state index in [4.69, 9.17) is 9.47 Å². The zero-order valence-electron chi connectivity index (χ0n) is 16.9. The van der Waals surface area contributed by atoms with Crippen molar-refractivity contribution in [1.29, 1.82) is 5.26 Å². The van der Waals surface area contributed by atoms with Crippen LogP contribution in [0, 0.1) is 11.3 Å². The molecule has 0 spiro atoms. The molecule has 0 saturated heterocycles. The average Bonchev–Trinajstić information content (AvgIpc) is 2.82. The van der Waals surface area contributed by atoms with Crippen molar-refractivity contribution in [2.24, 2.45) is 0 Å². The molecule has 0 saturated carbocycles. The number of hydrogen-bond donors (Lipinski definition) is 1. The number of nitriles is 1. The lowest BCUT2D eigenvalue weighted by molar-refractivity contribution is -0.142. The molecule has 3 rings (SSSR count). The normalized spacial score (nSPS) is 10.6. The molecule has 0 aliphatic carbocycles. The van der Waals surface area contributed by atoms with Gasteiger partial charge in [-0.25, -0.2) is 4.79 Å². The molecule has 0 aliphatic heterocycles. The van der Waals surface area contributed by atoms with E-state index in [1.54, 1.807) is 42.5 Å². The summed E-state index contributed by atoms with van der Waals surface area (Å²) in [6, 6.07) is 25.9. The topological polar surface area (TPSA) is 88.4 Å². The second-order valence-corrected chi connectivity index (χ2v) is 6.51. The Labute approximate surface area is 180 Å². The summed E-state index contributed by atoms with van der Waals surface area (Å²) in [5.74, 6) is -0.781. The third kappa shape index (κ3) is 6.05. The zero-order valence-corrected chi connectivity index (χ0v) is 16.9. The highest BCUT2D eigenvalue weighted by Gasteiger charge is 2.13. The molecule has 6 nitrogen and oxygen atoms in total. The summed E-state index contributed by atoms with van der Waals surface area (Å²) in [6.45, 7) is -0.504. The SMILES string of the molecule is COc1cccc(/C=C(\C#N)C(=O)OCC(=O)Nc2ccc(-c3ccccc3)cc2)c1. The minimum atomic E-state index is -0.875. The van der Waals surface area contributed by atoms with E-state index in [0.717, 1.165) is 11.1 Å². The Morgan fingerprint density at radius 3 is 2.35 bits per heavy atom. The van der Waals surface area contributed by atoms with E-state index in [1.807, 2.05) is 42.5 Å². The first-order valence-corrected chi connectivity index (χ1v) is 9.47. The maximum Gasteiger partial charge on any atom is 0.349 e. The fraction of sp³-hybridized carbons (Fsp3) is 0.0800. The third-order valence-corrected chi connectivity index (χ3v) is 4.36. The summed E-state index contributed by atoms with van der Waals surface area (Å²) >= 11 is 0. The molecule has 3 aromatic rings. The van der Waals surface area contributed by atoms with E-state index in [0.29, 0.717) is 17.0 Å². The second-order valence-electron chi connectivity index (χ2n) is 6.51. The van der Waals surface area contributed by atoms with Gasteiger partial charge < -0.3 is 14.8 Å². The zero-order chi connectivity index (χ0) is 22.1. The van der Waals surface area contributed by atoms with Crippen LogP contribution in [0.4, 0.5) is 5.69 Å².